The first kappa shape index (κ1) is 19.4. The summed E-state index contributed by atoms with van der Waals surface area (Å²) in [4.78, 5) is 19.8. The van der Waals surface area contributed by atoms with Crippen LogP contribution in [0.5, 0.6) is 5.75 Å². The van der Waals surface area contributed by atoms with Crippen LogP contribution in [-0.4, -0.2) is 34.0 Å². The second-order valence-electron chi connectivity index (χ2n) is 8.09. The molecule has 2 aromatic carbocycles. The topological polar surface area (TPSA) is 54.5 Å². The van der Waals surface area contributed by atoms with Crippen molar-refractivity contribution in [1.29, 1.82) is 0 Å². The highest BCUT2D eigenvalue weighted by atomic mass is 16.5. The summed E-state index contributed by atoms with van der Waals surface area (Å²) in [5.74, 6) is 0.887. The molecule has 2 heterocycles. The first-order valence-corrected chi connectivity index (χ1v) is 10.1. The van der Waals surface area contributed by atoms with Crippen molar-refractivity contribution in [2.75, 3.05) is 11.9 Å². The van der Waals surface area contributed by atoms with E-state index in [1.54, 1.807) is 6.20 Å². The normalized spacial score (nSPS) is 19.2. The molecule has 0 saturated carbocycles. The van der Waals surface area contributed by atoms with Crippen molar-refractivity contribution in [2.45, 2.75) is 45.4 Å². The number of aromatic nitrogens is 1. The van der Waals surface area contributed by atoms with Crippen molar-refractivity contribution in [3.8, 4) is 5.75 Å². The lowest BCUT2D eigenvalue weighted by atomic mass is 9.85. The molecule has 1 aromatic heterocycles. The fourth-order valence-electron chi connectivity index (χ4n) is 3.74. The molecule has 5 nitrogen and oxygen atoms in total. The molecule has 1 fully saturated rings. The smallest absolute Gasteiger partial charge is 0.244 e. The molecule has 1 N–H and O–H groups in total. The van der Waals surface area contributed by atoms with Gasteiger partial charge in [0.25, 0.3) is 0 Å². The zero-order valence-electron chi connectivity index (χ0n) is 17.2. The van der Waals surface area contributed by atoms with E-state index in [0.717, 1.165) is 41.9 Å². The van der Waals surface area contributed by atoms with E-state index in [-0.39, 0.29) is 12.0 Å². The zero-order chi connectivity index (χ0) is 20.4. The third-order valence-electron chi connectivity index (χ3n) is 5.61. The van der Waals surface area contributed by atoms with Gasteiger partial charge in [0.1, 0.15) is 5.75 Å². The Morgan fingerprint density at radius 1 is 1.17 bits per heavy atom. The van der Waals surface area contributed by atoms with E-state index >= 15 is 0 Å². The van der Waals surface area contributed by atoms with Crippen molar-refractivity contribution in [2.24, 2.45) is 0 Å². The van der Waals surface area contributed by atoms with Gasteiger partial charge in [-0.15, -0.1) is 0 Å². The number of carbonyl (C=O) groups excluding carboxylic acids is 1. The van der Waals surface area contributed by atoms with Crippen LogP contribution < -0.4 is 10.1 Å². The third kappa shape index (κ3) is 3.96. The average Bonchev–Trinajstić information content (AvgIpc) is 2.71. The lowest BCUT2D eigenvalue weighted by molar-refractivity contribution is -0.136. The number of para-hydroxylation sites is 1. The highest BCUT2D eigenvalue weighted by Crippen LogP contribution is 2.34. The minimum absolute atomic E-state index is 0.0154. The molecule has 1 amide bonds. The van der Waals surface area contributed by atoms with E-state index in [9.17, 15) is 4.79 Å². The molecule has 1 saturated heterocycles. The molecule has 1 atom stereocenters. The van der Waals surface area contributed by atoms with Crippen LogP contribution >= 0.6 is 0 Å². The third-order valence-corrected chi connectivity index (χ3v) is 5.61. The molecule has 150 valence electrons. The highest BCUT2D eigenvalue weighted by Gasteiger charge is 2.46. The summed E-state index contributed by atoms with van der Waals surface area (Å²) in [6.07, 6.45) is 2.75. The monoisotopic (exact) mass is 389 g/mol. The van der Waals surface area contributed by atoms with E-state index in [0.29, 0.717) is 0 Å². The van der Waals surface area contributed by atoms with Crippen LogP contribution in [0.2, 0.25) is 0 Å². The Kier molecular flexibility index (Phi) is 5.24. The summed E-state index contributed by atoms with van der Waals surface area (Å²) in [6.45, 7) is 7.69. The Morgan fingerprint density at radius 2 is 1.93 bits per heavy atom. The van der Waals surface area contributed by atoms with Gasteiger partial charge in [0.2, 0.25) is 5.91 Å². The summed E-state index contributed by atoms with van der Waals surface area (Å²) in [6, 6.07) is 17.9. The summed E-state index contributed by atoms with van der Waals surface area (Å²) in [7, 11) is 0. The minimum atomic E-state index is -0.524. The number of amides is 1. The summed E-state index contributed by atoms with van der Waals surface area (Å²) in [5.41, 5.74) is 2.23. The van der Waals surface area contributed by atoms with Gasteiger partial charge in [-0.2, -0.15) is 0 Å². The summed E-state index contributed by atoms with van der Waals surface area (Å²) < 4.78 is 5.71. The van der Waals surface area contributed by atoms with Crippen LogP contribution in [0.1, 0.15) is 32.8 Å². The zero-order valence-corrected chi connectivity index (χ0v) is 17.2. The van der Waals surface area contributed by atoms with Crippen molar-refractivity contribution in [1.82, 2.24) is 9.88 Å². The van der Waals surface area contributed by atoms with Gasteiger partial charge >= 0.3 is 0 Å². The standard InChI is InChI=1S/C24H27N3O2/c1-17(2)29-20-11-9-18(10-12-20)16-27-15-13-24(27,3)23(28)26-21-8-4-6-19-7-5-14-25-22(19)21/h4-12,14,17H,13,15-16H2,1-3H3,(H,26,28). The van der Waals surface area contributed by atoms with Gasteiger partial charge in [0.15, 0.2) is 0 Å². The molecule has 0 aliphatic carbocycles. The SMILES string of the molecule is CC(C)Oc1ccc(CN2CCC2(C)C(=O)Nc2cccc3cccnc23)cc1. The number of rotatable bonds is 6. The van der Waals surface area contributed by atoms with Crippen LogP contribution in [0.25, 0.3) is 10.9 Å². The number of fused-ring (bicyclic) bond motifs is 1. The number of likely N-dealkylation sites (tertiary alicyclic amines) is 1. The van der Waals surface area contributed by atoms with Crippen LogP contribution in [0.3, 0.4) is 0 Å². The highest BCUT2D eigenvalue weighted by molar-refractivity contribution is 6.04. The molecule has 1 aliphatic rings. The maximum atomic E-state index is 13.1. The maximum absolute atomic E-state index is 13.1. The van der Waals surface area contributed by atoms with Crippen molar-refractivity contribution >= 4 is 22.5 Å². The van der Waals surface area contributed by atoms with Crippen molar-refractivity contribution in [3.63, 3.8) is 0 Å². The number of nitrogens with zero attached hydrogens (tertiary/aromatic N) is 2. The molecule has 29 heavy (non-hydrogen) atoms. The number of anilines is 1. The van der Waals surface area contributed by atoms with Gasteiger partial charge in [-0.25, -0.2) is 0 Å². The summed E-state index contributed by atoms with van der Waals surface area (Å²) >= 11 is 0. The molecule has 0 bridgehead atoms. The second kappa shape index (κ2) is 7.84. The average molecular weight is 389 g/mol. The fraction of sp³-hybridized carbons (Fsp3) is 0.333. The van der Waals surface area contributed by atoms with E-state index in [4.69, 9.17) is 4.74 Å². The Labute approximate surface area is 171 Å². The van der Waals surface area contributed by atoms with Crippen LogP contribution in [0.4, 0.5) is 5.69 Å². The molecular weight excluding hydrogens is 362 g/mol. The number of nitrogens with one attached hydrogen (secondary N) is 1. The number of benzene rings is 2. The Hall–Kier alpha value is -2.92. The van der Waals surface area contributed by atoms with E-state index in [1.165, 1.54) is 5.56 Å². The molecule has 0 radical (unpaired) electrons. The molecule has 3 aromatic rings. The van der Waals surface area contributed by atoms with Crippen LogP contribution in [0, 0.1) is 0 Å². The lowest BCUT2D eigenvalue weighted by Crippen LogP contribution is -2.63. The van der Waals surface area contributed by atoms with E-state index in [1.807, 2.05) is 63.2 Å². The van der Waals surface area contributed by atoms with Gasteiger partial charge in [0, 0.05) is 24.7 Å². The molecule has 0 spiro atoms. The number of pyridine rings is 1. The van der Waals surface area contributed by atoms with Gasteiger partial charge in [0.05, 0.1) is 22.8 Å². The van der Waals surface area contributed by atoms with Crippen LogP contribution in [-0.2, 0) is 11.3 Å². The molecule has 1 aliphatic heterocycles. The number of carbonyl (C=O) groups is 1. The second-order valence-corrected chi connectivity index (χ2v) is 8.09. The van der Waals surface area contributed by atoms with Gasteiger partial charge in [-0.05, 0) is 57.0 Å². The number of hydrogen-bond donors (Lipinski definition) is 1. The molecule has 1 unspecified atom stereocenters. The maximum Gasteiger partial charge on any atom is 0.244 e. The Morgan fingerprint density at radius 3 is 2.62 bits per heavy atom. The Bertz CT molecular complexity index is 1010. The first-order valence-electron chi connectivity index (χ1n) is 10.1. The minimum Gasteiger partial charge on any atom is -0.491 e. The predicted molar refractivity (Wildman–Crippen MR) is 116 cm³/mol. The predicted octanol–water partition coefficient (Wildman–Crippen LogP) is 4.63. The van der Waals surface area contributed by atoms with Gasteiger partial charge in [-0.1, -0.05) is 30.3 Å². The quantitative estimate of drug-likeness (QED) is 0.668. The van der Waals surface area contributed by atoms with Crippen molar-refractivity contribution in [3.05, 3.63) is 66.4 Å². The lowest BCUT2D eigenvalue weighted by Gasteiger charge is -2.49. The molecule has 4 rings (SSSR count). The van der Waals surface area contributed by atoms with E-state index < -0.39 is 5.54 Å². The van der Waals surface area contributed by atoms with Crippen LogP contribution in [0.15, 0.2) is 60.8 Å². The number of hydrogen-bond acceptors (Lipinski definition) is 4. The largest absolute Gasteiger partial charge is 0.491 e. The van der Waals surface area contributed by atoms with Gasteiger partial charge in [-0.3, -0.25) is 14.7 Å². The Balaban J connectivity index is 1.46. The van der Waals surface area contributed by atoms with Crippen molar-refractivity contribution < 1.29 is 9.53 Å². The fourth-order valence-corrected chi connectivity index (χ4v) is 3.74. The van der Waals surface area contributed by atoms with E-state index in [2.05, 4.69) is 27.3 Å². The number of ether oxygens (including phenoxy) is 1. The van der Waals surface area contributed by atoms with Gasteiger partial charge < -0.3 is 10.1 Å². The molecular formula is C24H27N3O2. The summed E-state index contributed by atoms with van der Waals surface area (Å²) in [5, 5.41) is 4.13. The first-order chi connectivity index (χ1) is 14.0. The molecule has 5 heteroatoms.